The number of hydrogen-bond acceptors (Lipinski definition) is 3. The van der Waals surface area contributed by atoms with Crippen molar-refractivity contribution >= 4 is 11.9 Å². The zero-order valence-electron chi connectivity index (χ0n) is 10.9. The summed E-state index contributed by atoms with van der Waals surface area (Å²) in [5.74, 6) is -0.691. The molecule has 0 aromatic carbocycles. The molecule has 3 N–H and O–H groups in total. The molecule has 0 saturated heterocycles. The zero-order chi connectivity index (χ0) is 13.2. The predicted molar refractivity (Wildman–Crippen MR) is 67.2 cm³/mol. The number of hydrogen-bond donors (Lipinski definition) is 3. The molecule has 0 atom stereocenters. The first-order valence-electron chi connectivity index (χ1n) is 6.80. The van der Waals surface area contributed by atoms with Crippen LogP contribution in [0, 0.1) is 5.92 Å². The van der Waals surface area contributed by atoms with Crippen molar-refractivity contribution in [1.82, 2.24) is 10.6 Å². The van der Waals surface area contributed by atoms with Crippen LogP contribution in [0.3, 0.4) is 0 Å². The Labute approximate surface area is 107 Å². The third-order valence-electron chi connectivity index (χ3n) is 4.55. The van der Waals surface area contributed by atoms with Crippen LogP contribution >= 0.6 is 0 Å². The van der Waals surface area contributed by atoms with Crippen LogP contribution in [0.5, 0.6) is 0 Å². The van der Waals surface area contributed by atoms with Crippen LogP contribution < -0.4 is 10.6 Å². The van der Waals surface area contributed by atoms with E-state index < -0.39 is 11.5 Å². The molecule has 2 aliphatic carbocycles. The number of rotatable bonds is 4. The molecule has 0 bridgehead atoms. The topological polar surface area (TPSA) is 78.4 Å². The summed E-state index contributed by atoms with van der Waals surface area (Å²) in [6, 6.07) is 0.368. The minimum Gasteiger partial charge on any atom is -0.480 e. The van der Waals surface area contributed by atoms with Gasteiger partial charge in [-0.1, -0.05) is 0 Å². The first-order chi connectivity index (χ1) is 8.57. The van der Waals surface area contributed by atoms with Crippen molar-refractivity contribution in [2.24, 2.45) is 5.92 Å². The predicted octanol–water partition coefficient (Wildman–Crippen LogP) is 0.888. The number of likely N-dealkylation sites (N-methyl/N-ethyl adjacent to an activating group) is 1. The van der Waals surface area contributed by atoms with E-state index in [9.17, 15) is 14.7 Å². The SMILES string of the molecule is CNC1(C(=O)O)CCC(C(=O)NC2CCC2)CC1. The average molecular weight is 254 g/mol. The lowest BCUT2D eigenvalue weighted by Gasteiger charge is -2.37. The van der Waals surface area contributed by atoms with Gasteiger partial charge in [-0.25, -0.2) is 0 Å². The van der Waals surface area contributed by atoms with E-state index in [0.29, 0.717) is 31.7 Å². The van der Waals surface area contributed by atoms with Crippen LogP contribution in [0.4, 0.5) is 0 Å². The molecular formula is C13H22N2O3. The van der Waals surface area contributed by atoms with Crippen molar-refractivity contribution < 1.29 is 14.7 Å². The van der Waals surface area contributed by atoms with Crippen molar-refractivity contribution in [3.05, 3.63) is 0 Å². The summed E-state index contributed by atoms with van der Waals surface area (Å²) in [6.07, 6.45) is 5.76. The van der Waals surface area contributed by atoms with Crippen molar-refractivity contribution in [2.75, 3.05) is 7.05 Å². The van der Waals surface area contributed by atoms with Crippen molar-refractivity contribution in [1.29, 1.82) is 0 Å². The molecule has 0 aromatic rings. The van der Waals surface area contributed by atoms with Gasteiger partial charge in [0.05, 0.1) is 0 Å². The second kappa shape index (κ2) is 5.26. The van der Waals surface area contributed by atoms with Gasteiger partial charge in [-0.2, -0.15) is 0 Å². The second-order valence-electron chi connectivity index (χ2n) is 5.55. The molecule has 2 rings (SSSR count). The van der Waals surface area contributed by atoms with E-state index in [0.717, 1.165) is 12.8 Å². The van der Waals surface area contributed by atoms with E-state index in [1.165, 1.54) is 6.42 Å². The molecule has 5 heteroatoms. The Kier molecular flexibility index (Phi) is 3.90. The smallest absolute Gasteiger partial charge is 0.323 e. The molecule has 5 nitrogen and oxygen atoms in total. The van der Waals surface area contributed by atoms with E-state index in [1.807, 2.05) is 0 Å². The quantitative estimate of drug-likeness (QED) is 0.696. The highest BCUT2D eigenvalue weighted by Gasteiger charge is 2.42. The van der Waals surface area contributed by atoms with Gasteiger partial charge in [0.25, 0.3) is 0 Å². The lowest BCUT2D eigenvalue weighted by atomic mass is 9.76. The maximum absolute atomic E-state index is 12.0. The first kappa shape index (κ1) is 13.3. The van der Waals surface area contributed by atoms with E-state index >= 15 is 0 Å². The fraction of sp³-hybridized carbons (Fsp3) is 0.846. The third-order valence-corrected chi connectivity index (χ3v) is 4.55. The molecule has 0 unspecified atom stereocenters. The summed E-state index contributed by atoms with van der Waals surface area (Å²) in [5, 5.41) is 15.2. The largest absolute Gasteiger partial charge is 0.480 e. The number of carboxylic acid groups (broad SMARTS) is 1. The minimum absolute atomic E-state index is 0.00794. The van der Waals surface area contributed by atoms with Gasteiger partial charge in [-0.3, -0.25) is 9.59 Å². The molecule has 2 aliphatic rings. The van der Waals surface area contributed by atoms with Gasteiger partial charge >= 0.3 is 5.97 Å². The number of carboxylic acids is 1. The molecule has 2 saturated carbocycles. The molecule has 0 heterocycles. The summed E-state index contributed by atoms with van der Waals surface area (Å²) in [6.45, 7) is 0. The average Bonchev–Trinajstić information content (AvgIpc) is 2.33. The van der Waals surface area contributed by atoms with Gasteiger partial charge in [0.15, 0.2) is 0 Å². The van der Waals surface area contributed by atoms with Crippen LogP contribution in [0.1, 0.15) is 44.9 Å². The number of amides is 1. The molecule has 0 radical (unpaired) electrons. The Morgan fingerprint density at radius 3 is 2.17 bits per heavy atom. The van der Waals surface area contributed by atoms with Crippen molar-refractivity contribution in [2.45, 2.75) is 56.5 Å². The fourth-order valence-corrected chi connectivity index (χ4v) is 2.82. The highest BCUT2D eigenvalue weighted by molar-refractivity contribution is 5.82. The zero-order valence-corrected chi connectivity index (χ0v) is 10.9. The van der Waals surface area contributed by atoms with E-state index in [2.05, 4.69) is 10.6 Å². The lowest BCUT2D eigenvalue weighted by molar-refractivity contribution is -0.147. The second-order valence-corrected chi connectivity index (χ2v) is 5.55. The molecule has 2 fully saturated rings. The van der Waals surface area contributed by atoms with Gasteiger partial charge < -0.3 is 15.7 Å². The highest BCUT2D eigenvalue weighted by atomic mass is 16.4. The molecular weight excluding hydrogens is 232 g/mol. The summed E-state index contributed by atoms with van der Waals surface area (Å²) in [7, 11) is 1.68. The molecule has 1 amide bonds. The third kappa shape index (κ3) is 2.51. The van der Waals surface area contributed by atoms with Gasteiger partial charge in [0.2, 0.25) is 5.91 Å². The summed E-state index contributed by atoms with van der Waals surface area (Å²) >= 11 is 0. The Hall–Kier alpha value is -1.10. The normalized spacial score (nSPS) is 32.6. The fourth-order valence-electron chi connectivity index (χ4n) is 2.82. The number of carbonyl (C=O) groups is 2. The van der Waals surface area contributed by atoms with Gasteiger partial charge in [-0.15, -0.1) is 0 Å². The highest BCUT2D eigenvalue weighted by Crippen LogP contribution is 2.32. The Bertz CT molecular complexity index is 331. The van der Waals surface area contributed by atoms with Crippen LogP contribution in [-0.2, 0) is 9.59 Å². The molecule has 0 aromatic heterocycles. The number of aliphatic carboxylic acids is 1. The Morgan fingerprint density at radius 2 is 1.78 bits per heavy atom. The Morgan fingerprint density at radius 1 is 1.17 bits per heavy atom. The minimum atomic E-state index is -0.826. The number of carbonyl (C=O) groups excluding carboxylic acids is 1. The monoisotopic (exact) mass is 254 g/mol. The molecule has 0 aliphatic heterocycles. The van der Waals surface area contributed by atoms with Crippen LogP contribution in [-0.4, -0.2) is 35.6 Å². The Balaban J connectivity index is 1.85. The molecule has 18 heavy (non-hydrogen) atoms. The summed E-state index contributed by atoms with van der Waals surface area (Å²) in [4.78, 5) is 23.2. The maximum Gasteiger partial charge on any atom is 0.323 e. The van der Waals surface area contributed by atoms with Gasteiger partial charge in [0.1, 0.15) is 5.54 Å². The van der Waals surface area contributed by atoms with Crippen LogP contribution in [0.2, 0.25) is 0 Å². The van der Waals surface area contributed by atoms with Gasteiger partial charge in [0, 0.05) is 12.0 Å². The van der Waals surface area contributed by atoms with E-state index in [1.54, 1.807) is 7.05 Å². The number of nitrogens with one attached hydrogen (secondary N) is 2. The summed E-state index contributed by atoms with van der Waals surface area (Å²) in [5.41, 5.74) is -0.826. The van der Waals surface area contributed by atoms with Crippen molar-refractivity contribution in [3.63, 3.8) is 0 Å². The molecule has 102 valence electrons. The summed E-state index contributed by atoms with van der Waals surface area (Å²) < 4.78 is 0. The maximum atomic E-state index is 12.0. The van der Waals surface area contributed by atoms with Crippen molar-refractivity contribution in [3.8, 4) is 0 Å². The lowest BCUT2D eigenvalue weighted by Crippen LogP contribution is -2.54. The standard InChI is InChI=1S/C13H22N2O3/c1-14-13(12(17)18)7-5-9(6-8-13)11(16)15-10-3-2-4-10/h9-10,14H,2-8H2,1H3,(H,15,16)(H,17,18). The van der Waals surface area contributed by atoms with E-state index in [4.69, 9.17) is 0 Å². The molecule has 0 spiro atoms. The van der Waals surface area contributed by atoms with Gasteiger partial charge in [-0.05, 0) is 52.0 Å². The van der Waals surface area contributed by atoms with E-state index in [-0.39, 0.29) is 11.8 Å². The van der Waals surface area contributed by atoms with Crippen LogP contribution in [0.15, 0.2) is 0 Å². The first-order valence-corrected chi connectivity index (χ1v) is 6.80. The van der Waals surface area contributed by atoms with Crippen LogP contribution in [0.25, 0.3) is 0 Å².